The number of rotatable bonds is 0. The molecule has 0 aromatic carbocycles. The molecule has 8 unspecified atom stereocenters. The van der Waals surface area contributed by atoms with E-state index >= 15 is 0 Å². The average molecular weight is 1320 g/mol. The summed E-state index contributed by atoms with van der Waals surface area (Å²) in [6, 6.07) is 0. The van der Waals surface area contributed by atoms with Crippen molar-refractivity contribution in [1.82, 2.24) is 0 Å². The SMILES string of the molecule is C.CC1=C(C)[C@@H]2C[C@]3(C1)C(CC[C@H]3C)C2(C)C.CC1=CC[C@@]23C[C@@H]1C(C)(C)C2CC[C@H]3C.C[C@@H]1CCC2C(C)(C)[C@H]3C[C@]21CC1OC13C.C[C@@H]1CCC2C(C)(C)[C@H]3C[C@]21CCC3(C)C.C[C@@H]1CCC2C(C)(C)[C@H]3C[C@]21CCC3(C)C.C[C@@H]1CCC2C(C)(C)[C@H]3C[C@]21CC[C@@]3(C)O. The quantitative estimate of drug-likeness (QED) is 0.194. The summed E-state index contributed by atoms with van der Waals surface area (Å²) in [6.07, 6.45) is 42.2. The molecule has 96 heavy (non-hydrogen) atoms. The summed E-state index contributed by atoms with van der Waals surface area (Å²) in [7, 11) is 0. The standard InChI is InChI=1S/C16H26.2C16H28.C15H24O.C15H26O.C15H24.CH4/c1-10-8-16-9-13(12(10)3)15(4,5)14(16)7-6-11(16)2;2*1-11-6-7-12-15(4,5)13-10-16(11,12)9-8-14(13,2)3;1-9-5-6-10-13(2,3)11-7-15(9,10)8-12-14(11,4)16-12;1-10-5-6-11-13(2,3)12-9-15(10,11)8-7-14(12,4)16;1-10-7-8-15-9-12(10)14(3,4)13(15)6-5-11(15)2;/h11,13-14H,6-9H2,1-5H3;2*11-13H,6-10H2,1-5H3;9-12H,5-8H2,1-4H3;10-12,16H,5-9H2,1-4H3;7,11-13H,5-6,8-9H2,1-4H3;1H4/t11-,13+,14?,16+;2*11-,12?,13+,16+;9-,10?,11-,12?,14?,15-;10-,11?,12-,14-,15+;11-,12+,13?,15+;/m111111./s1. The zero-order chi connectivity index (χ0) is 69.2. The molecule has 1 heterocycles. The van der Waals surface area contributed by atoms with Crippen LogP contribution in [0, 0.1) is 182 Å². The largest absolute Gasteiger partial charge is 0.390 e. The Morgan fingerprint density at radius 3 is 1.14 bits per heavy atom. The van der Waals surface area contributed by atoms with Gasteiger partial charge in [-0.3, -0.25) is 0 Å². The van der Waals surface area contributed by atoms with Crippen LogP contribution in [0.3, 0.4) is 0 Å². The summed E-state index contributed by atoms with van der Waals surface area (Å²) < 4.78 is 6.09. The molecule has 12 bridgehead atoms. The van der Waals surface area contributed by atoms with E-state index in [0.717, 1.165) is 118 Å². The lowest BCUT2D eigenvalue weighted by Gasteiger charge is -2.45. The van der Waals surface area contributed by atoms with Gasteiger partial charge in [0.2, 0.25) is 0 Å². The first-order valence-electron chi connectivity index (χ1n) is 42.4. The van der Waals surface area contributed by atoms with Crippen LogP contribution in [0.1, 0.15) is 368 Å². The maximum atomic E-state index is 10.6. The fourth-order valence-electron chi connectivity index (χ4n) is 35.6. The number of fused-ring (bicyclic) bond motifs is 8. The van der Waals surface area contributed by atoms with E-state index in [2.05, 4.69) is 193 Å². The van der Waals surface area contributed by atoms with E-state index in [4.69, 9.17) is 4.74 Å². The van der Waals surface area contributed by atoms with Crippen LogP contribution in [0.15, 0.2) is 22.8 Å². The van der Waals surface area contributed by atoms with Gasteiger partial charge in [-0.25, -0.2) is 0 Å². The van der Waals surface area contributed by atoms with Gasteiger partial charge in [0.05, 0.1) is 17.3 Å². The lowest BCUT2D eigenvalue weighted by molar-refractivity contribution is -0.0717. The smallest absolute Gasteiger partial charge is 0.0954 e. The van der Waals surface area contributed by atoms with Gasteiger partial charge in [0.1, 0.15) is 0 Å². The molecule has 2 heteroatoms. The third kappa shape index (κ3) is 9.79. The molecule has 19 aliphatic rings. The fourth-order valence-corrected chi connectivity index (χ4v) is 35.6. The van der Waals surface area contributed by atoms with Crippen molar-refractivity contribution in [2.24, 2.45) is 182 Å². The highest BCUT2D eigenvalue weighted by atomic mass is 16.6. The van der Waals surface area contributed by atoms with Crippen LogP contribution >= 0.6 is 0 Å². The molecule has 548 valence electrons. The van der Waals surface area contributed by atoms with E-state index in [1.54, 1.807) is 29.6 Å². The van der Waals surface area contributed by atoms with Gasteiger partial charge in [-0.1, -0.05) is 183 Å². The van der Waals surface area contributed by atoms with E-state index < -0.39 is 5.60 Å². The molecule has 19 rings (SSSR count). The molecule has 27 atom stereocenters. The van der Waals surface area contributed by atoms with E-state index in [1.165, 1.54) is 154 Å². The Hall–Kier alpha value is -0.600. The van der Waals surface area contributed by atoms with Crippen LogP contribution in [0.25, 0.3) is 0 Å². The summed E-state index contributed by atoms with van der Waals surface area (Å²) in [5, 5.41) is 10.6. The number of hydrogen-bond acceptors (Lipinski definition) is 2. The minimum absolute atomic E-state index is 0. The predicted molar refractivity (Wildman–Crippen MR) is 409 cm³/mol. The minimum Gasteiger partial charge on any atom is -0.390 e. The number of ether oxygens (including phenoxy) is 1. The van der Waals surface area contributed by atoms with Gasteiger partial charge in [-0.05, 0) is 390 Å². The molecule has 17 fully saturated rings. The third-order valence-corrected chi connectivity index (χ3v) is 41.2. The van der Waals surface area contributed by atoms with Crippen molar-refractivity contribution < 1.29 is 9.84 Å². The Morgan fingerprint density at radius 2 is 0.667 bits per heavy atom. The molecule has 0 radical (unpaired) electrons. The molecule has 1 N–H and O–H groups in total. The third-order valence-electron chi connectivity index (χ3n) is 41.2. The van der Waals surface area contributed by atoms with E-state index in [9.17, 15) is 5.11 Å². The van der Waals surface area contributed by atoms with Crippen LogP contribution in [0.2, 0.25) is 0 Å². The van der Waals surface area contributed by atoms with Gasteiger partial charge in [-0.15, -0.1) is 0 Å². The molecule has 1 saturated heterocycles. The Bertz CT molecular complexity index is 2820. The van der Waals surface area contributed by atoms with Crippen molar-refractivity contribution in [3.63, 3.8) is 0 Å². The second kappa shape index (κ2) is 22.7. The second-order valence-electron chi connectivity index (χ2n) is 46.7. The highest BCUT2D eigenvalue weighted by Gasteiger charge is 2.77. The zero-order valence-corrected chi connectivity index (χ0v) is 68.0. The van der Waals surface area contributed by atoms with Gasteiger partial charge in [0, 0.05) is 0 Å². The molecule has 16 saturated carbocycles. The summed E-state index contributed by atoms with van der Waals surface area (Å²) in [6.45, 7) is 67.1. The molecular formula is C94H160O2. The number of allylic oxidation sites excluding steroid dienone is 4. The molecule has 0 aromatic heterocycles. The molecule has 18 aliphatic carbocycles. The maximum absolute atomic E-state index is 10.6. The van der Waals surface area contributed by atoms with Gasteiger partial charge in [0.15, 0.2) is 0 Å². The molecular weight excluding hydrogens is 1160 g/mol. The Balaban J connectivity index is 0.000000104. The maximum Gasteiger partial charge on any atom is 0.0954 e. The van der Waals surface area contributed by atoms with Crippen molar-refractivity contribution in [3.8, 4) is 0 Å². The van der Waals surface area contributed by atoms with E-state index in [0.29, 0.717) is 77.0 Å². The van der Waals surface area contributed by atoms with Gasteiger partial charge in [-0.2, -0.15) is 0 Å². The van der Waals surface area contributed by atoms with Crippen LogP contribution in [0.4, 0.5) is 0 Å². The first kappa shape index (κ1) is 73.7. The predicted octanol–water partition coefficient (Wildman–Crippen LogP) is 26.9. The Kier molecular flexibility index (Phi) is 17.4. The first-order valence-corrected chi connectivity index (χ1v) is 42.4. The minimum atomic E-state index is -0.404. The van der Waals surface area contributed by atoms with Crippen molar-refractivity contribution in [2.45, 2.75) is 385 Å². The van der Waals surface area contributed by atoms with E-state index in [-0.39, 0.29) is 13.0 Å². The topological polar surface area (TPSA) is 32.8 Å². The van der Waals surface area contributed by atoms with Crippen molar-refractivity contribution in [2.75, 3.05) is 0 Å². The molecule has 0 amide bonds. The normalized spacial score (nSPS) is 54.5. The summed E-state index contributed by atoms with van der Waals surface area (Å²) >= 11 is 0. The number of epoxide rings is 1. The van der Waals surface area contributed by atoms with E-state index in [1.807, 2.05) is 0 Å². The van der Waals surface area contributed by atoms with Crippen LogP contribution in [0.5, 0.6) is 0 Å². The first-order chi connectivity index (χ1) is 43.7. The molecule has 6 spiro atoms. The molecule has 0 aromatic rings. The van der Waals surface area contributed by atoms with Crippen molar-refractivity contribution in [1.29, 1.82) is 0 Å². The summed E-state index contributed by atoms with van der Waals surface area (Å²) in [4.78, 5) is 0. The van der Waals surface area contributed by atoms with Crippen LogP contribution in [-0.4, -0.2) is 22.4 Å². The fraction of sp³-hybridized carbons (Fsp3) is 0.957. The highest BCUT2D eigenvalue weighted by molar-refractivity contribution is 5.31. The van der Waals surface area contributed by atoms with Gasteiger partial charge >= 0.3 is 0 Å². The number of aliphatic hydroxyl groups is 1. The van der Waals surface area contributed by atoms with Crippen LogP contribution in [-0.2, 0) is 4.74 Å². The lowest BCUT2D eigenvalue weighted by Crippen LogP contribution is -2.44. The summed E-state index contributed by atoms with van der Waals surface area (Å²) in [5.41, 5.74) is 13.6. The Morgan fingerprint density at radius 1 is 0.333 bits per heavy atom. The lowest BCUT2D eigenvalue weighted by atomic mass is 9.60. The zero-order valence-electron chi connectivity index (χ0n) is 68.0. The highest BCUT2D eigenvalue weighted by Crippen LogP contribution is 2.81. The average Bonchev–Trinajstić information content (AvgIpc) is 1.54. The molecule has 2 nitrogen and oxygen atoms in total. The summed E-state index contributed by atoms with van der Waals surface area (Å²) in [5.74, 6) is 16.7. The monoisotopic (exact) mass is 1320 g/mol. The second-order valence-corrected chi connectivity index (χ2v) is 46.7. The van der Waals surface area contributed by atoms with Crippen molar-refractivity contribution in [3.05, 3.63) is 22.8 Å². The number of hydrogen-bond donors (Lipinski definition) is 1. The van der Waals surface area contributed by atoms with Gasteiger partial charge in [0.25, 0.3) is 0 Å². The Labute approximate surface area is 596 Å². The molecule has 1 aliphatic heterocycles. The van der Waals surface area contributed by atoms with Crippen LogP contribution < -0.4 is 0 Å². The van der Waals surface area contributed by atoms with Gasteiger partial charge < -0.3 is 9.84 Å². The van der Waals surface area contributed by atoms with Crippen molar-refractivity contribution >= 4 is 0 Å².